The molecule has 2 heterocycles. The van der Waals surface area contributed by atoms with Crippen molar-refractivity contribution in [2.45, 2.75) is 19.9 Å². The van der Waals surface area contributed by atoms with Gasteiger partial charge in [0.15, 0.2) is 0 Å². The first-order chi connectivity index (χ1) is 15.8. The van der Waals surface area contributed by atoms with E-state index in [1.807, 2.05) is 18.2 Å². The van der Waals surface area contributed by atoms with Crippen molar-refractivity contribution in [2.24, 2.45) is 20.0 Å². The minimum atomic E-state index is -0.328. The summed E-state index contributed by atoms with van der Waals surface area (Å²) in [5.41, 5.74) is 4.08. The Labute approximate surface area is 193 Å². The van der Waals surface area contributed by atoms with Crippen LogP contribution in [0.15, 0.2) is 64.2 Å². The van der Waals surface area contributed by atoms with Gasteiger partial charge in [-0.3, -0.25) is 19.1 Å². The fraction of sp³-hybridized carbons (Fsp3) is 0.346. The summed E-state index contributed by atoms with van der Waals surface area (Å²) in [6.45, 7) is 3.95. The molecule has 0 aliphatic carbocycles. The predicted molar refractivity (Wildman–Crippen MR) is 129 cm³/mol. The molecule has 7 heteroatoms. The van der Waals surface area contributed by atoms with Gasteiger partial charge in [-0.05, 0) is 30.0 Å². The standard InChI is InChI=1S/C26H30N4O3/c1-18-23(25(32)29(3)26(33)28(18)2)17-30-14-13-27-24(31)22(16-30)15-19-9-11-21(12-10-19)20-7-5-4-6-8-20/h4-12,22H,13-17H2,1-3H3,(H,27,31)/t22-/m1/s1. The smallest absolute Gasteiger partial charge is 0.330 e. The predicted octanol–water partition coefficient (Wildman–Crippen LogP) is 1.85. The molecule has 0 unspecified atom stereocenters. The van der Waals surface area contributed by atoms with Gasteiger partial charge < -0.3 is 9.88 Å². The lowest BCUT2D eigenvalue weighted by Gasteiger charge is -2.24. The van der Waals surface area contributed by atoms with Crippen molar-refractivity contribution in [3.63, 3.8) is 0 Å². The Kier molecular flexibility index (Phi) is 6.60. The quantitative estimate of drug-likeness (QED) is 0.649. The highest BCUT2D eigenvalue weighted by atomic mass is 16.2. The molecule has 0 bridgehead atoms. The Morgan fingerprint density at radius 3 is 2.27 bits per heavy atom. The van der Waals surface area contributed by atoms with Crippen LogP contribution < -0.4 is 16.6 Å². The summed E-state index contributed by atoms with van der Waals surface area (Å²) in [5, 5.41) is 3.01. The van der Waals surface area contributed by atoms with Gasteiger partial charge in [-0.15, -0.1) is 0 Å². The maximum atomic E-state index is 12.7. The van der Waals surface area contributed by atoms with Gasteiger partial charge in [-0.2, -0.15) is 0 Å². The van der Waals surface area contributed by atoms with Gasteiger partial charge in [-0.25, -0.2) is 4.79 Å². The summed E-state index contributed by atoms with van der Waals surface area (Å²) in [5.74, 6) is -0.179. The van der Waals surface area contributed by atoms with E-state index in [0.717, 1.165) is 21.3 Å². The number of nitrogens with zero attached hydrogens (tertiary/aromatic N) is 3. The second-order valence-corrected chi connectivity index (χ2v) is 8.76. The van der Waals surface area contributed by atoms with Crippen LogP contribution in [0.5, 0.6) is 0 Å². The monoisotopic (exact) mass is 446 g/mol. The summed E-state index contributed by atoms with van der Waals surface area (Å²) in [4.78, 5) is 39.8. The van der Waals surface area contributed by atoms with E-state index in [1.54, 1.807) is 14.0 Å². The number of rotatable bonds is 5. The molecule has 4 rings (SSSR count). The van der Waals surface area contributed by atoms with E-state index in [1.165, 1.54) is 11.6 Å². The topological polar surface area (TPSA) is 76.3 Å². The van der Waals surface area contributed by atoms with E-state index in [0.29, 0.717) is 43.9 Å². The Morgan fingerprint density at radius 1 is 0.909 bits per heavy atom. The van der Waals surface area contributed by atoms with E-state index in [9.17, 15) is 14.4 Å². The van der Waals surface area contributed by atoms with E-state index < -0.39 is 0 Å². The van der Waals surface area contributed by atoms with Crippen LogP contribution in [0, 0.1) is 12.8 Å². The molecule has 1 atom stereocenters. The number of hydrogen-bond acceptors (Lipinski definition) is 4. The van der Waals surface area contributed by atoms with Crippen molar-refractivity contribution in [1.82, 2.24) is 19.4 Å². The van der Waals surface area contributed by atoms with Crippen LogP contribution in [0.4, 0.5) is 0 Å². The number of benzene rings is 2. The molecule has 7 nitrogen and oxygen atoms in total. The summed E-state index contributed by atoms with van der Waals surface area (Å²) in [6, 6.07) is 18.6. The number of carbonyl (C=O) groups is 1. The van der Waals surface area contributed by atoms with Crippen molar-refractivity contribution < 1.29 is 4.79 Å². The van der Waals surface area contributed by atoms with E-state index in [4.69, 9.17) is 0 Å². The molecular weight excluding hydrogens is 416 g/mol. The lowest BCUT2D eigenvalue weighted by molar-refractivity contribution is -0.124. The highest BCUT2D eigenvalue weighted by Gasteiger charge is 2.26. The van der Waals surface area contributed by atoms with Gasteiger partial charge in [-0.1, -0.05) is 54.6 Å². The average Bonchev–Trinajstić information content (AvgIpc) is 3.01. The largest absolute Gasteiger partial charge is 0.355 e. The molecule has 1 aliphatic heterocycles. The van der Waals surface area contributed by atoms with Crippen molar-refractivity contribution in [1.29, 1.82) is 0 Å². The third kappa shape index (κ3) is 4.83. The highest BCUT2D eigenvalue weighted by Crippen LogP contribution is 2.21. The Bertz CT molecular complexity index is 1260. The van der Waals surface area contributed by atoms with E-state index in [2.05, 4.69) is 46.6 Å². The molecule has 172 valence electrons. The molecule has 33 heavy (non-hydrogen) atoms. The van der Waals surface area contributed by atoms with Crippen LogP contribution in [0.2, 0.25) is 0 Å². The van der Waals surface area contributed by atoms with Crippen molar-refractivity contribution in [3.8, 4) is 11.1 Å². The van der Waals surface area contributed by atoms with Crippen LogP contribution in [0.3, 0.4) is 0 Å². The molecule has 1 amide bonds. The average molecular weight is 447 g/mol. The van der Waals surface area contributed by atoms with Crippen molar-refractivity contribution >= 4 is 5.91 Å². The number of carbonyl (C=O) groups excluding carboxylic acids is 1. The highest BCUT2D eigenvalue weighted by molar-refractivity contribution is 5.79. The minimum absolute atomic E-state index is 0.0368. The third-order valence-corrected chi connectivity index (χ3v) is 6.58. The molecule has 1 aliphatic rings. The zero-order valence-electron chi connectivity index (χ0n) is 19.4. The number of nitrogens with one attached hydrogen (secondary N) is 1. The maximum Gasteiger partial charge on any atom is 0.330 e. The fourth-order valence-electron chi connectivity index (χ4n) is 4.44. The summed E-state index contributed by atoms with van der Waals surface area (Å²) in [7, 11) is 3.18. The van der Waals surface area contributed by atoms with Crippen molar-refractivity contribution in [3.05, 3.63) is 92.3 Å². The first kappa shape index (κ1) is 22.7. The molecular formula is C26H30N4O3. The Morgan fingerprint density at radius 2 is 1.58 bits per heavy atom. The van der Waals surface area contributed by atoms with Crippen LogP contribution in [-0.4, -0.2) is 39.6 Å². The number of hydrogen-bond donors (Lipinski definition) is 1. The van der Waals surface area contributed by atoms with Gasteiger partial charge in [0.05, 0.1) is 11.5 Å². The van der Waals surface area contributed by atoms with Crippen molar-refractivity contribution in [2.75, 3.05) is 19.6 Å². The van der Waals surface area contributed by atoms with Gasteiger partial charge in [0.1, 0.15) is 0 Å². The Balaban J connectivity index is 1.52. The first-order valence-electron chi connectivity index (χ1n) is 11.2. The van der Waals surface area contributed by atoms with Crippen LogP contribution in [0.1, 0.15) is 16.8 Å². The van der Waals surface area contributed by atoms with Crippen LogP contribution >= 0.6 is 0 Å². The SMILES string of the molecule is Cc1c(CN2CCNC(=O)[C@H](Cc3ccc(-c4ccccc4)cc3)C2)c(=O)n(C)c(=O)n1C. The van der Waals surface area contributed by atoms with Gasteiger partial charge in [0, 0.05) is 46.0 Å². The Hall–Kier alpha value is -3.45. The molecule has 1 saturated heterocycles. The zero-order valence-corrected chi connectivity index (χ0v) is 19.4. The summed E-state index contributed by atoms with van der Waals surface area (Å²) in [6.07, 6.45) is 0.627. The van der Waals surface area contributed by atoms with E-state index >= 15 is 0 Å². The normalized spacial score (nSPS) is 16.9. The zero-order chi connectivity index (χ0) is 23.5. The number of amides is 1. The van der Waals surface area contributed by atoms with Gasteiger partial charge in [0.25, 0.3) is 5.56 Å². The summed E-state index contributed by atoms with van der Waals surface area (Å²) < 4.78 is 2.65. The third-order valence-electron chi connectivity index (χ3n) is 6.58. The molecule has 0 saturated carbocycles. The van der Waals surface area contributed by atoms with E-state index in [-0.39, 0.29) is 23.1 Å². The van der Waals surface area contributed by atoms with Gasteiger partial charge in [0.2, 0.25) is 5.91 Å². The van der Waals surface area contributed by atoms with Crippen LogP contribution in [-0.2, 0) is 31.9 Å². The molecule has 0 spiro atoms. The molecule has 3 aromatic rings. The minimum Gasteiger partial charge on any atom is -0.355 e. The molecule has 1 aromatic heterocycles. The number of aromatic nitrogens is 2. The molecule has 1 fully saturated rings. The molecule has 1 N–H and O–H groups in total. The van der Waals surface area contributed by atoms with Gasteiger partial charge >= 0.3 is 5.69 Å². The molecule has 0 radical (unpaired) electrons. The maximum absolute atomic E-state index is 12.7. The lowest BCUT2D eigenvalue weighted by atomic mass is 9.96. The van der Waals surface area contributed by atoms with Crippen LogP contribution in [0.25, 0.3) is 11.1 Å². The second kappa shape index (κ2) is 9.58. The second-order valence-electron chi connectivity index (χ2n) is 8.76. The fourth-order valence-corrected chi connectivity index (χ4v) is 4.44. The summed E-state index contributed by atoms with van der Waals surface area (Å²) >= 11 is 0. The first-order valence-corrected chi connectivity index (χ1v) is 11.2. The lowest BCUT2D eigenvalue weighted by Crippen LogP contribution is -2.42. The molecule has 2 aromatic carbocycles.